The van der Waals surface area contributed by atoms with Gasteiger partial charge in [0.15, 0.2) is 0 Å². The molecule has 0 aromatic heterocycles. The maximum atomic E-state index is 12.8. The van der Waals surface area contributed by atoms with E-state index >= 15 is 0 Å². The second-order valence-electron chi connectivity index (χ2n) is 6.58. The zero-order valence-corrected chi connectivity index (χ0v) is 17.2. The monoisotopic (exact) mass is 379 g/mol. The van der Waals surface area contributed by atoms with E-state index < -0.39 is 0 Å². The molecule has 2 N–H and O–H groups in total. The van der Waals surface area contributed by atoms with Crippen molar-refractivity contribution in [3.8, 4) is 0 Å². The van der Waals surface area contributed by atoms with Gasteiger partial charge in [0.1, 0.15) is 0 Å². The lowest BCUT2D eigenvalue weighted by Crippen LogP contribution is -2.29. The number of hydrogen-bond donors (Lipinski definition) is 2. The van der Waals surface area contributed by atoms with Gasteiger partial charge >= 0.3 is 0 Å². The molecule has 0 fully saturated rings. The summed E-state index contributed by atoms with van der Waals surface area (Å²) in [6.07, 6.45) is 0. The summed E-state index contributed by atoms with van der Waals surface area (Å²) in [6.45, 7) is 4.06. The van der Waals surface area contributed by atoms with Crippen LogP contribution in [0.1, 0.15) is 44.2 Å². The minimum absolute atomic E-state index is 0. The van der Waals surface area contributed by atoms with Crippen molar-refractivity contribution in [2.45, 2.75) is 26.5 Å². The highest BCUT2D eigenvalue weighted by atomic mass is 31.0. The number of aliphatic hydroxyl groups excluding tert-OH is 1. The fraction of sp³-hybridized carbons (Fsp3) is 0.174. The van der Waals surface area contributed by atoms with E-state index in [0.717, 1.165) is 16.7 Å². The van der Waals surface area contributed by atoms with Crippen LogP contribution in [-0.2, 0) is 6.61 Å². The van der Waals surface area contributed by atoms with E-state index in [-0.39, 0.29) is 28.5 Å². The van der Waals surface area contributed by atoms with Gasteiger partial charge in [0, 0.05) is 5.56 Å². The van der Waals surface area contributed by atoms with E-state index in [0.29, 0.717) is 5.56 Å². The molecule has 0 aliphatic rings. The molecule has 140 valence electrons. The van der Waals surface area contributed by atoms with Gasteiger partial charge in [0.05, 0.1) is 12.6 Å². The van der Waals surface area contributed by atoms with Gasteiger partial charge in [0.2, 0.25) is 0 Å². The third kappa shape index (κ3) is 5.26. The predicted octanol–water partition coefficient (Wildman–Crippen LogP) is 4.37. The molecule has 0 bridgehead atoms. The van der Waals surface area contributed by atoms with E-state index in [9.17, 15) is 4.79 Å². The summed E-state index contributed by atoms with van der Waals surface area (Å²) in [7, 11) is 0. The molecule has 0 heterocycles. The number of aliphatic hydroxyl groups is 1. The molecule has 0 radical (unpaired) electrons. The van der Waals surface area contributed by atoms with Crippen LogP contribution in [0.2, 0.25) is 0 Å². The standard InChI is InChI=1S/C23H23NO2.H3P/c1-16-3-9-19(10-4-16)22(20-11-5-17(2)6-12-20)24-23(26)21-13-7-18(15-25)8-14-21;/h3-14,22,25H,15H2,1-2H3,(H,24,26);1H3. The minimum atomic E-state index is -0.221. The number of amides is 1. The highest BCUT2D eigenvalue weighted by molar-refractivity contribution is 6.92. The van der Waals surface area contributed by atoms with Crippen LogP contribution in [0.4, 0.5) is 0 Å². The maximum Gasteiger partial charge on any atom is 0.252 e. The molecule has 3 aromatic carbocycles. The second-order valence-corrected chi connectivity index (χ2v) is 6.58. The predicted molar refractivity (Wildman–Crippen MR) is 115 cm³/mol. The van der Waals surface area contributed by atoms with Gasteiger partial charge in [-0.3, -0.25) is 4.79 Å². The summed E-state index contributed by atoms with van der Waals surface area (Å²) in [6, 6.07) is 23.2. The van der Waals surface area contributed by atoms with Crippen LogP contribution >= 0.6 is 9.90 Å². The molecule has 1 amide bonds. The van der Waals surface area contributed by atoms with E-state index in [4.69, 9.17) is 5.11 Å². The normalized spacial score (nSPS) is 10.4. The van der Waals surface area contributed by atoms with Crippen LogP contribution in [0.25, 0.3) is 0 Å². The Morgan fingerprint density at radius 1 is 0.815 bits per heavy atom. The zero-order valence-electron chi connectivity index (χ0n) is 15.8. The quantitative estimate of drug-likeness (QED) is 0.647. The topological polar surface area (TPSA) is 49.3 Å². The Balaban J connectivity index is 0.00000261. The van der Waals surface area contributed by atoms with E-state index in [1.54, 1.807) is 24.3 Å². The summed E-state index contributed by atoms with van der Waals surface area (Å²) in [5, 5.41) is 12.3. The van der Waals surface area contributed by atoms with Crippen molar-refractivity contribution >= 4 is 15.8 Å². The molecule has 0 spiro atoms. The van der Waals surface area contributed by atoms with Crippen LogP contribution in [0, 0.1) is 13.8 Å². The number of carbonyl (C=O) groups is 1. The number of hydrogen-bond acceptors (Lipinski definition) is 2. The summed E-state index contributed by atoms with van der Waals surface area (Å²) < 4.78 is 0. The molecule has 27 heavy (non-hydrogen) atoms. The van der Waals surface area contributed by atoms with Crippen molar-refractivity contribution < 1.29 is 9.90 Å². The SMILES string of the molecule is Cc1ccc(C(NC(=O)c2ccc(CO)cc2)c2ccc(C)cc2)cc1.P. The maximum absolute atomic E-state index is 12.8. The van der Waals surface area contributed by atoms with Crippen molar-refractivity contribution in [1.82, 2.24) is 5.32 Å². The van der Waals surface area contributed by atoms with Gasteiger partial charge in [0.25, 0.3) is 5.91 Å². The number of benzene rings is 3. The van der Waals surface area contributed by atoms with E-state index in [2.05, 4.69) is 53.8 Å². The summed E-state index contributed by atoms with van der Waals surface area (Å²) in [5.74, 6) is -0.138. The van der Waals surface area contributed by atoms with Crippen LogP contribution in [0.15, 0.2) is 72.8 Å². The third-order valence-electron chi connectivity index (χ3n) is 4.50. The Morgan fingerprint density at radius 2 is 1.26 bits per heavy atom. The lowest BCUT2D eigenvalue weighted by Gasteiger charge is -2.20. The van der Waals surface area contributed by atoms with Crippen molar-refractivity contribution in [3.05, 3.63) is 106 Å². The average molecular weight is 379 g/mol. The lowest BCUT2D eigenvalue weighted by atomic mass is 9.96. The molecular formula is C23H26NO2P. The van der Waals surface area contributed by atoms with Gasteiger partial charge in [-0.05, 0) is 42.7 Å². The van der Waals surface area contributed by atoms with E-state index in [1.165, 1.54) is 11.1 Å². The lowest BCUT2D eigenvalue weighted by molar-refractivity contribution is 0.0943. The molecule has 3 nitrogen and oxygen atoms in total. The fourth-order valence-corrected chi connectivity index (χ4v) is 2.85. The Morgan fingerprint density at radius 3 is 1.67 bits per heavy atom. The van der Waals surface area contributed by atoms with Gasteiger partial charge in [-0.2, -0.15) is 9.90 Å². The number of carbonyl (C=O) groups excluding carboxylic acids is 1. The first kappa shape index (κ1) is 20.8. The molecule has 3 aromatic rings. The first-order chi connectivity index (χ1) is 12.6. The van der Waals surface area contributed by atoms with E-state index in [1.807, 2.05) is 13.8 Å². The Bertz CT molecular complexity index is 826. The van der Waals surface area contributed by atoms with Gasteiger partial charge in [-0.25, -0.2) is 0 Å². The molecule has 0 aliphatic heterocycles. The minimum Gasteiger partial charge on any atom is -0.392 e. The highest BCUT2D eigenvalue weighted by Crippen LogP contribution is 2.23. The number of rotatable bonds is 5. The van der Waals surface area contributed by atoms with Crippen molar-refractivity contribution in [3.63, 3.8) is 0 Å². The third-order valence-corrected chi connectivity index (χ3v) is 4.50. The Hall–Kier alpha value is -2.48. The summed E-state index contributed by atoms with van der Waals surface area (Å²) in [5.41, 5.74) is 5.81. The number of nitrogens with one attached hydrogen (secondary N) is 1. The van der Waals surface area contributed by atoms with Gasteiger partial charge in [-0.1, -0.05) is 71.8 Å². The highest BCUT2D eigenvalue weighted by Gasteiger charge is 2.18. The zero-order chi connectivity index (χ0) is 18.5. The molecule has 1 atom stereocenters. The Kier molecular flexibility index (Phi) is 7.29. The van der Waals surface area contributed by atoms with Crippen molar-refractivity contribution in [2.75, 3.05) is 0 Å². The fourth-order valence-electron chi connectivity index (χ4n) is 2.85. The molecule has 0 saturated carbocycles. The first-order valence-electron chi connectivity index (χ1n) is 8.70. The molecule has 0 aliphatic carbocycles. The molecule has 1 unspecified atom stereocenters. The number of aryl methyl sites for hydroxylation is 2. The van der Waals surface area contributed by atoms with Gasteiger partial charge in [-0.15, -0.1) is 0 Å². The molecule has 0 saturated heterocycles. The Labute approximate surface area is 164 Å². The second kappa shape index (κ2) is 9.45. The molecule has 3 rings (SSSR count). The molecule has 4 heteroatoms. The summed E-state index contributed by atoms with van der Waals surface area (Å²) in [4.78, 5) is 12.8. The average Bonchev–Trinajstić information content (AvgIpc) is 2.67. The largest absolute Gasteiger partial charge is 0.392 e. The van der Waals surface area contributed by atoms with Crippen LogP contribution < -0.4 is 5.32 Å². The van der Waals surface area contributed by atoms with Crippen LogP contribution in [0.5, 0.6) is 0 Å². The van der Waals surface area contributed by atoms with Gasteiger partial charge < -0.3 is 10.4 Å². The van der Waals surface area contributed by atoms with Crippen molar-refractivity contribution in [1.29, 1.82) is 0 Å². The van der Waals surface area contributed by atoms with Crippen LogP contribution in [0.3, 0.4) is 0 Å². The smallest absolute Gasteiger partial charge is 0.252 e. The summed E-state index contributed by atoms with van der Waals surface area (Å²) >= 11 is 0. The molecular weight excluding hydrogens is 353 g/mol. The first-order valence-corrected chi connectivity index (χ1v) is 8.70. The van der Waals surface area contributed by atoms with Crippen LogP contribution in [-0.4, -0.2) is 11.0 Å². The van der Waals surface area contributed by atoms with Crippen molar-refractivity contribution in [2.24, 2.45) is 0 Å².